The molecule has 0 aliphatic carbocycles. The number of para-hydroxylation sites is 2. The molecular weight excluding hydrogens is 288 g/mol. The second-order valence-electron chi connectivity index (χ2n) is 5.58. The summed E-state index contributed by atoms with van der Waals surface area (Å²) in [6.45, 7) is 6.53. The van der Waals surface area contributed by atoms with Crippen LogP contribution in [0.1, 0.15) is 32.4 Å². The number of carbonyl (C=O) groups excluding carboxylic acids is 1. The fourth-order valence-corrected chi connectivity index (χ4v) is 2.36. The molecule has 1 amide bonds. The van der Waals surface area contributed by atoms with Crippen molar-refractivity contribution in [2.24, 2.45) is 0 Å². The minimum atomic E-state index is -0.411. The number of ether oxygens (including phenoxy) is 1. The Hall–Kier alpha value is -2.33. The van der Waals surface area contributed by atoms with Crippen molar-refractivity contribution in [2.45, 2.75) is 32.9 Å². The Morgan fingerprint density at radius 3 is 2.35 bits per heavy atom. The average Bonchev–Trinajstić information content (AvgIpc) is 2.55. The predicted molar refractivity (Wildman–Crippen MR) is 93.7 cm³/mol. The quantitative estimate of drug-likeness (QED) is 0.818. The molecule has 23 heavy (non-hydrogen) atoms. The van der Waals surface area contributed by atoms with Gasteiger partial charge in [-0.3, -0.25) is 10.1 Å². The van der Waals surface area contributed by atoms with Crippen molar-refractivity contribution in [3.8, 4) is 5.75 Å². The topological polar surface area (TPSA) is 50.4 Å². The van der Waals surface area contributed by atoms with Crippen LogP contribution in [-0.4, -0.2) is 18.6 Å². The van der Waals surface area contributed by atoms with Gasteiger partial charge in [0.1, 0.15) is 11.8 Å². The smallest absolute Gasteiger partial charge is 0.246 e. The van der Waals surface area contributed by atoms with Gasteiger partial charge in [-0.05, 0) is 38.5 Å². The highest BCUT2D eigenvalue weighted by Crippen LogP contribution is 2.25. The summed E-state index contributed by atoms with van der Waals surface area (Å²) >= 11 is 0. The van der Waals surface area contributed by atoms with E-state index >= 15 is 0 Å². The van der Waals surface area contributed by atoms with E-state index in [1.807, 2.05) is 75.4 Å². The summed E-state index contributed by atoms with van der Waals surface area (Å²) in [7, 11) is 0. The standard InChI is InChI=1S/C19H24N2O2/c1-4-23-17-13-9-8-12-16(17)21-19(22)18(20-14(2)3)15-10-6-5-7-11-15/h5-14,18,20H,4H2,1-3H3,(H,21,22)/t18-/m0/s1. The molecule has 1 atom stereocenters. The van der Waals surface area contributed by atoms with Gasteiger partial charge in [-0.1, -0.05) is 42.5 Å². The van der Waals surface area contributed by atoms with Crippen LogP contribution in [0.5, 0.6) is 5.75 Å². The predicted octanol–water partition coefficient (Wildman–Crippen LogP) is 3.76. The molecule has 0 heterocycles. The van der Waals surface area contributed by atoms with Crippen molar-refractivity contribution in [1.29, 1.82) is 0 Å². The summed E-state index contributed by atoms with van der Waals surface area (Å²) in [4.78, 5) is 12.8. The lowest BCUT2D eigenvalue weighted by atomic mass is 10.1. The van der Waals surface area contributed by atoms with Crippen molar-refractivity contribution in [1.82, 2.24) is 5.32 Å². The number of carbonyl (C=O) groups is 1. The molecule has 0 unspecified atom stereocenters. The van der Waals surface area contributed by atoms with Gasteiger partial charge in [0.15, 0.2) is 0 Å². The molecule has 2 rings (SSSR count). The maximum atomic E-state index is 12.8. The van der Waals surface area contributed by atoms with Gasteiger partial charge in [-0.15, -0.1) is 0 Å². The third-order valence-corrected chi connectivity index (χ3v) is 3.34. The number of amides is 1. The molecule has 0 aromatic heterocycles. The van der Waals surface area contributed by atoms with Crippen LogP contribution in [0.25, 0.3) is 0 Å². The van der Waals surface area contributed by atoms with Crippen LogP contribution in [0.2, 0.25) is 0 Å². The molecule has 0 radical (unpaired) electrons. The molecule has 0 saturated heterocycles. The van der Waals surface area contributed by atoms with Gasteiger partial charge in [-0.2, -0.15) is 0 Å². The lowest BCUT2D eigenvalue weighted by molar-refractivity contribution is -0.118. The SMILES string of the molecule is CCOc1ccccc1NC(=O)[C@@H](NC(C)C)c1ccccc1. The highest BCUT2D eigenvalue weighted by Gasteiger charge is 2.22. The number of hydrogen-bond acceptors (Lipinski definition) is 3. The molecule has 2 N–H and O–H groups in total. The Labute approximate surface area is 137 Å². The van der Waals surface area contributed by atoms with E-state index in [-0.39, 0.29) is 11.9 Å². The van der Waals surface area contributed by atoms with Gasteiger partial charge in [0, 0.05) is 6.04 Å². The average molecular weight is 312 g/mol. The number of hydrogen-bond donors (Lipinski definition) is 2. The van der Waals surface area contributed by atoms with Crippen LogP contribution in [0.15, 0.2) is 54.6 Å². The summed E-state index contributed by atoms with van der Waals surface area (Å²) < 4.78 is 5.57. The molecule has 4 nitrogen and oxygen atoms in total. The zero-order chi connectivity index (χ0) is 16.7. The summed E-state index contributed by atoms with van der Waals surface area (Å²) in [6.07, 6.45) is 0. The second-order valence-corrected chi connectivity index (χ2v) is 5.58. The third-order valence-electron chi connectivity index (χ3n) is 3.34. The Kier molecular flexibility index (Phi) is 6.18. The van der Waals surface area contributed by atoms with Crippen molar-refractivity contribution in [3.63, 3.8) is 0 Å². The zero-order valence-electron chi connectivity index (χ0n) is 13.9. The molecule has 122 valence electrons. The van der Waals surface area contributed by atoms with Crippen LogP contribution in [0.4, 0.5) is 5.69 Å². The van der Waals surface area contributed by atoms with Crippen LogP contribution in [0, 0.1) is 0 Å². The van der Waals surface area contributed by atoms with Crippen molar-refractivity contribution < 1.29 is 9.53 Å². The summed E-state index contributed by atoms with van der Waals surface area (Å²) in [5.41, 5.74) is 1.62. The molecule has 4 heteroatoms. The molecule has 0 fully saturated rings. The lowest BCUT2D eigenvalue weighted by Gasteiger charge is -2.22. The van der Waals surface area contributed by atoms with Crippen molar-refractivity contribution in [3.05, 3.63) is 60.2 Å². The lowest BCUT2D eigenvalue weighted by Crippen LogP contribution is -2.37. The number of nitrogens with one attached hydrogen (secondary N) is 2. The van der Waals surface area contributed by atoms with E-state index in [2.05, 4.69) is 10.6 Å². The Bertz CT molecular complexity index is 626. The molecule has 0 aliphatic rings. The number of anilines is 1. The van der Waals surface area contributed by atoms with Gasteiger partial charge in [0.25, 0.3) is 0 Å². The summed E-state index contributed by atoms with van der Waals surface area (Å²) in [5.74, 6) is 0.580. The molecule has 0 bridgehead atoms. The first-order valence-electron chi connectivity index (χ1n) is 7.95. The molecule has 0 spiro atoms. The minimum Gasteiger partial charge on any atom is -0.492 e. The largest absolute Gasteiger partial charge is 0.492 e. The zero-order valence-corrected chi connectivity index (χ0v) is 13.9. The van der Waals surface area contributed by atoms with E-state index in [0.717, 1.165) is 5.56 Å². The number of benzene rings is 2. The van der Waals surface area contributed by atoms with E-state index in [1.165, 1.54) is 0 Å². The van der Waals surface area contributed by atoms with E-state index in [9.17, 15) is 4.79 Å². The first-order valence-corrected chi connectivity index (χ1v) is 7.95. The number of rotatable bonds is 7. The summed E-state index contributed by atoms with van der Waals surface area (Å²) in [6, 6.07) is 17.0. The second kappa shape index (κ2) is 8.34. The fourth-order valence-electron chi connectivity index (χ4n) is 2.36. The highest BCUT2D eigenvalue weighted by molar-refractivity contribution is 5.96. The molecule has 0 saturated carbocycles. The van der Waals surface area contributed by atoms with Crippen LogP contribution >= 0.6 is 0 Å². The van der Waals surface area contributed by atoms with Crippen molar-refractivity contribution in [2.75, 3.05) is 11.9 Å². The van der Waals surface area contributed by atoms with E-state index < -0.39 is 6.04 Å². The molecule has 2 aromatic rings. The molecular formula is C19H24N2O2. The fraction of sp³-hybridized carbons (Fsp3) is 0.316. The van der Waals surface area contributed by atoms with Gasteiger partial charge >= 0.3 is 0 Å². The van der Waals surface area contributed by atoms with Crippen LogP contribution in [0.3, 0.4) is 0 Å². The van der Waals surface area contributed by atoms with E-state index in [0.29, 0.717) is 18.0 Å². The van der Waals surface area contributed by atoms with Crippen LogP contribution < -0.4 is 15.4 Å². The van der Waals surface area contributed by atoms with Crippen LogP contribution in [-0.2, 0) is 4.79 Å². The van der Waals surface area contributed by atoms with Gasteiger partial charge in [-0.25, -0.2) is 0 Å². The molecule has 2 aromatic carbocycles. The minimum absolute atomic E-state index is 0.1000. The first kappa shape index (κ1) is 17.0. The van der Waals surface area contributed by atoms with Gasteiger partial charge < -0.3 is 10.1 Å². The van der Waals surface area contributed by atoms with E-state index in [4.69, 9.17) is 4.74 Å². The maximum Gasteiger partial charge on any atom is 0.246 e. The van der Waals surface area contributed by atoms with E-state index in [1.54, 1.807) is 0 Å². The Morgan fingerprint density at radius 1 is 1.04 bits per heavy atom. The van der Waals surface area contributed by atoms with Gasteiger partial charge in [0.2, 0.25) is 5.91 Å². The van der Waals surface area contributed by atoms with Gasteiger partial charge in [0.05, 0.1) is 12.3 Å². The highest BCUT2D eigenvalue weighted by atomic mass is 16.5. The maximum absolute atomic E-state index is 12.8. The van der Waals surface area contributed by atoms with Crippen molar-refractivity contribution >= 4 is 11.6 Å². The first-order chi connectivity index (χ1) is 11.1. The summed E-state index contributed by atoms with van der Waals surface area (Å²) in [5, 5.41) is 6.29. The normalized spacial score (nSPS) is 12.0. The Balaban J connectivity index is 2.21. The Morgan fingerprint density at radius 2 is 1.70 bits per heavy atom. The third kappa shape index (κ3) is 4.83. The monoisotopic (exact) mass is 312 g/mol. The molecule has 0 aliphatic heterocycles.